The van der Waals surface area contributed by atoms with E-state index < -0.39 is 18.0 Å². The summed E-state index contributed by atoms with van der Waals surface area (Å²) in [4.78, 5) is 23.1. The van der Waals surface area contributed by atoms with Crippen LogP contribution in [-0.4, -0.2) is 37.9 Å². The number of rotatable bonds is 2. The van der Waals surface area contributed by atoms with Gasteiger partial charge in [-0.3, -0.25) is 0 Å². The Morgan fingerprint density at radius 1 is 1.11 bits per heavy atom. The number of esters is 2. The van der Waals surface area contributed by atoms with Crippen LogP contribution in [0, 0.1) is 0 Å². The minimum absolute atomic E-state index is 0.290. The van der Waals surface area contributed by atoms with Crippen molar-refractivity contribution in [2.75, 3.05) is 19.8 Å². The van der Waals surface area contributed by atoms with E-state index in [2.05, 4.69) is 0 Å². The van der Waals surface area contributed by atoms with E-state index in [9.17, 15) is 9.59 Å². The smallest absolute Gasteiger partial charge is 0.347 e. The zero-order valence-electron chi connectivity index (χ0n) is 10.1. The van der Waals surface area contributed by atoms with Gasteiger partial charge in [-0.05, 0) is 18.2 Å². The Labute approximate surface area is 109 Å². The number of carbonyl (C=O) groups excluding carboxylic acids is 2. The highest BCUT2D eigenvalue weighted by molar-refractivity contribution is 5.92. The van der Waals surface area contributed by atoms with E-state index in [1.54, 1.807) is 18.2 Å². The molecule has 1 saturated heterocycles. The van der Waals surface area contributed by atoms with Crippen molar-refractivity contribution >= 4 is 11.9 Å². The first-order valence-electron chi connectivity index (χ1n) is 6.01. The first-order valence-corrected chi connectivity index (χ1v) is 6.01. The predicted molar refractivity (Wildman–Crippen MR) is 62.2 cm³/mol. The molecule has 0 unspecified atom stereocenters. The van der Waals surface area contributed by atoms with Gasteiger partial charge in [-0.15, -0.1) is 0 Å². The lowest BCUT2D eigenvalue weighted by molar-refractivity contribution is -0.145. The normalized spacial score (nSPS) is 20.8. The summed E-state index contributed by atoms with van der Waals surface area (Å²) in [5.41, 5.74) is 0.323. The maximum Gasteiger partial charge on any atom is 0.347 e. The number of carbonyl (C=O) groups is 2. The molecule has 2 heterocycles. The van der Waals surface area contributed by atoms with Crippen LogP contribution < -0.4 is 9.47 Å². The van der Waals surface area contributed by atoms with Gasteiger partial charge in [0.2, 0.25) is 6.10 Å². The van der Waals surface area contributed by atoms with Gasteiger partial charge in [0.1, 0.15) is 13.2 Å². The summed E-state index contributed by atoms with van der Waals surface area (Å²) in [6, 6.07) is 4.78. The van der Waals surface area contributed by atoms with Gasteiger partial charge < -0.3 is 18.9 Å². The third-order valence-corrected chi connectivity index (χ3v) is 2.91. The molecule has 0 radical (unpaired) electrons. The first kappa shape index (κ1) is 11.8. The van der Waals surface area contributed by atoms with Crippen LogP contribution in [0.2, 0.25) is 0 Å². The third-order valence-electron chi connectivity index (χ3n) is 2.91. The van der Waals surface area contributed by atoms with Gasteiger partial charge in [0.25, 0.3) is 0 Å². The van der Waals surface area contributed by atoms with Crippen molar-refractivity contribution in [2.45, 2.75) is 12.5 Å². The molecule has 6 heteroatoms. The maximum absolute atomic E-state index is 11.9. The van der Waals surface area contributed by atoms with Crippen LogP contribution in [0.4, 0.5) is 0 Å². The molecule has 0 saturated carbocycles. The van der Waals surface area contributed by atoms with Gasteiger partial charge in [-0.1, -0.05) is 0 Å². The van der Waals surface area contributed by atoms with Crippen molar-refractivity contribution < 1.29 is 28.5 Å². The van der Waals surface area contributed by atoms with Gasteiger partial charge >= 0.3 is 11.9 Å². The number of benzene rings is 1. The highest BCUT2D eigenvalue weighted by Crippen LogP contribution is 2.31. The second kappa shape index (κ2) is 4.79. The molecule has 0 spiro atoms. The van der Waals surface area contributed by atoms with Crippen LogP contribution in [0.5, 0.6) is 11.5 Å². The molecule has 19 heavy (non-hydrogen) atoms. The van der Waals surface area contributed by atoms with E-state index in [1.165, 1.54) is 0 Å². The number of hydrogen-bond acceptors (Lipinski definition) is 6. The highest BCUT2D eigenvalue weighted by atomic mass is 16.6. The Balaban J connectivity index is 1.74. The molecule has 0 bridgehead atoms. The van der Waals surface area contributed by atoms with E-state index in [4.69, 9.17) is 18.9 Å². The fraction of sp³-hybridized carbons (Fsp3) is 0.385. The molecule has 1 fully saturated rings. The molecule has 1 aromatic carbocycles. The van der Waals surface area contributed by atoms with E-state index in [0.717, 1.165) is 0 Å². The number of hydrogen-bond donors (Lipinski definition) is 0. The van der Waals surface area contributed by atoms with Crippen molar-refractivity contribution in [2.24, 2.45) is 0 Å². The summed E-state index contributed by atoms with van der Waals surface area (Å²) in [6.45, 7) is 1.23. The lowest BCUT2D eigenvalue weighted by Gasteiger charge is -2.18. The van der Waals surface area contributed by atoms with Crippen molar-refractivity contribution in [3.8, 4) is 11.5 Å². The lowest BCUT2D eigenvalue weighted by atomic mass is 10.2. The van der Waals surface area contributed by atoms with Gasteiger partial charge in [-0.25, -0.2) is 9.59 Å². The topological polar surface area (TPSA) is 71.1 Å². The molecule has 0 amide bonds. The van der Waals surface area contributed by atoms with Gasteiger partial charge in [0.05, 0.1) is 12.2 Å². The molecular formula is C13H12O6. The number of ether oxygens (including phenoxy) is 4. The average Bonchev–Trinajstić information content (AvgIpc) is 2.84. The fourth-order valence-electron chi connectivity index (χ4n) is 1.95. The summed E-state index contributed by atoms with van der Waals surface area (Å²) in [7, 11) is 0. The van der Waals surface area contributed by atoms with E-state index in [1.807, 2.05) is 0 Å². The minimum Gasteiger partial charge on any atom is -0.486 e. The molecule has 1 aromatic rings. The molecule has 100 valence electrons. The third kappa shape index (κ3) is 2.33. The molecular weight excluding hydrogens is 252 g/mol. The summed E-state index contributed by atoms with van der Waals surface area (Å²) < 4.78 is 20.6. The monoisotopic (exact) mass is 264 g/mol. The second-order valence-corrected chi connectivity index (χ2v) is 4.21. The molecule has 2 aliphatic heterocycles. The molecule has 6 nitrogen and oxygen atoms in total. The van der Waals surface area contributed by atoms with Crippen molar-refractivity contribution in [1.82, 2.24) is 0 Å². The Kier molecular flexibility index (Phi) is 2.98. The van der Waals surface area contributed by atoms with Gasteiger partial charge in [0, 0.05) is 6.42 Å². The maximum atomic E-state index is 11.9. The van der Waals surface area contributed by atoms with E-state index in [0.29, 0.717) is 36.7 Å². The van der Waals surface area contributed by atoms with Gasteiger partial charge in [0.15, 0.2) is 11.5 Å². The standard InChI is InChI=1S/C13H12O6/c14-12(19-10-3-4-18-13(10)15)8-1-2-9-11(7-8)17-6-5-16-9/h1-2,7,10H,3-6H2/t10-/m1/s1. The van der Waals surface area contributed by atoms with Crippen LogP contribution in [-0.2, 0) is 14.3 Å². The summed E-state index contributed by atoms with van der Waals surface area (Å²) >= 11 is 0. The summed E-state index contributed by atoms with van der Waals surface area (Å²) in [5.74, 6) is 0.0458. The number of cyclic esters (lactones) is 1. The zero-order chi connectivity index (χ0) is 13.2. The predicted octanol–water partition coefficient (Wildman–Crippen LogP) is 0.930. The molecule has 0 aliphatic carbocycles. The molecule has 0 N–H and O–H groups in total. The van der Waals surface area contributed by atoms with E-state index >= 15 is 0 Å². The molecule has 3 rings (SSSR count). The van der Waals surface area contributed by atoms with Gasteiger partial charge in [-0.2, -0.15) is 0 Å². The van der Waals surface area contributed by atoms with Crippen LogP contribution in [0.25, 0.3) is 0 Å². The molecule has 1 atom stereocenters. The minimum atomic E-state index is -0.805. The highest BCUT2D eigenvalue weighted by Gasteiger charge is 2.30. The average molecular weight is 264 g/mol. The van der Waals surface area contributed by atoms with Crippen LogP contribution in [0.15, 0.2) is 18.2 Å². The lowest BCUT2D eigenvalue weighted by Crippen LogP contribution is -2.23. The quantitative estimate of drug-likeness (QED) is 0.740. The summed E-state index contributed by atoms with van der Waals surface area (Å²) in [5, 5.41) is 0. The Morgan fingerprint density at radius 2 is 1.89 bits per heavy atom. The fourth-order valence-corrected chi connectivity index (χ4v) is 1.95. The van der Waals surface area contributed by atoms with Crippen LogP contribution >= 0.6 is 0 Å². The van der Waals surface area contributed by atoms with Crippen LogP contribution in [0.3, 0.4) is 0 Å². The zero-order valence-corrected chi connectivity index (χ0v) is 10.1. The van der Waals surface area contributed by atoms with E-state index in [-0.39, 0.29) is 6.61 Å². The van der Waals surface area contributed by atoms with Crippen molar-refractivity contribution in [1.29, 1.82) is 0 Å². The van der Waals surface area contributed by atoms with Crippen LogP contribution in [0.1, 0.15) is 16.8 Å². The van der Waals surface area contributed by atoms with Crippen molar-refractivity contribution in [3.05, 3.63) is 23.8 Å². The number of fused-ring (bicyclic) bond motifs is 1. The largest absolute Gasteiger partial charge is 0.486 e. The van der Waals surface area contributed by atoms with Crippen molar-refractivity contribution in [3.63, 3.8) is 0 Å². The SMILES string of the molecule is O=C(O[C@@H]1CCOC1=O)c1ccc2c(c1)OCCO2. The Morgan fingerprint density at radius 3 is 2.63 bits per heavy atom. The summed E-state index contributed by atoms with van der Waals surface area (Å²) in [6.07, 6.45) is -0.407. The Hall–Kier alpha value is -2.24. The second-order valence-electron chi connectivity index (χ2n) is 4.21. The Bertz CT molecular complexity index is 524. The molecule has 0 aromatic heterocycles. The first-order chi connectivity index (χ1) is 9.24. The molecule has 2 aliphatic rings.